The van der Waals surface area contributed by atoms with E-state index in [0.29, 0.717) is 0 Å². The van der Waals surface area contributed by atoms with E-state index in [2.05, 4.69) is 0 Å². The Kier molecular flexibility index (Phi) is 4.46. The summed E-state index contributed by atoms with van der Waals surface area (Å²) in [6.45, 7) is 0.0482. The largest absolute Gasteiger partial charge is 0.338 e. The van der Waals surface area contributed by atoms with Crippen molar-refractivity contribution in [1.29, 1.82) is 0 Å². The topological polar surface area (TPSA) is 66.0 Å². The summed E-state index contributed by atoms with van der Waals surface area (Å²) in [5, 5.41) is 0. The molecular formula is C12H11Cl2N3O3. The highest BCUT2D eigenvalue weighted by molar-refractivity contribution is 6.15. The molecule has 0 aliphatic rings. The summed E-state index contributed by atoms with van der Waals surface area (Å²) in [4.78, 5) is 36.0. The molecule has 8 heteroatoms. The first kappa shape index (κ1) is 14.6. The van der Waals surface area contributed by atoms with Gasteiger partial charge in [-0.15, -0.1) is 23.2 Å². The molecule has 0 saturated carbocycles. The van der Waals surface area contributed by atoms with Gasteiger partial charge in [0.15, 0.2) is 0 Å². The smallest absolute Gasteiger partial charge is 0.247 e. The molecule has 1 aromatic heterocycles. The molecule has 0 radical (unpaired) electrons. The van der Waals surface area contributed by atoms with Crippen LogP contribution in [-0.4, -0.2) is 13.7 Å². The molecule has 2 rings (SSSR count). The van der Waals surface area contributed by atoms with Crippen LogP contribution in [-0.2, 0) is 18.6 Å². The fraction of sp³-hybridized carbons (Fsp3) is 0.250. The average Bonchev–Trinajstić information content (AvgIpc) is 2.46. The second-order valence-electron chi connectivity index (χ2n) is 4.01. The third kappa shape index (κ3) is 2.57. The molecule has 0 unspecified atom stereocenters. The molecule has 1 aromatic carbocycles. The van der Waals surface area contributed by atoms with Crippen LogP contribution < -0.4 is 17.1 Å². The molecule has 0 aliphatic heterocycles. The molecule has 0 aliphatic carbocycles. The lowest BCUT2D eigenvalue weighted by Gasteiger charge is -2.10. The van der Waals surface area contributed by atoms with Crippen LogP contribution >= 0.6 is 23.2 Å². The summed E-state index contributed by atoms with van der Waals surface area (Å²) in [5.41, 5.74) is -1.55. The number of hydrogen-bond donors (Lipinski definition) is 0. The zero-order valence-corrected chi connectivity index (χ0v) is 11.8. The molecule has 20 heavy (non-hydrogen) atoms. The molecule has 0 N–H and O–H groups in total. The van der Waals surface area contributed by atoms with Crippen molar-refractivity contribution in [2.24, 2.45) is 0 Å². The van der Waals surface area contributed by atoms with Crippen LogP contribution in [0.5, 0.6) is 0 Å². The summed E-state index contributed by atoms with van der Waals surface area (Å²) in [7, 11) is 0. The van der Waals surface area contributed by atoms with Crippen LogP contribution in [0.3, 0.4) is 0 Å². The molecule has 0 atom stereocenters. The molecular weight excluding hydrogens is 305 g/mol. The predicted molar refractivity (Wildman–Crippen MR) is 76.5 cm³/mol. The molecule has 0 bridgehead atoms. The Morgan fingerprint density at radius 1 is 0.750 bits per heavy atom. The Morgan fingerprint density at radius 3 is 1.65 bits per heavy atom. The van der Waals surface area contributed by atoms with E-state index in [9.17, 15) is 14.4 Å². The summed E-state index contributed by atoms with van der Waals surface area (Å²) >= 11 is 11.2. The number of hydrogen-bond acceptors (Lipinski definition) is 3. The Bertz CT molecular complexity index is 735. The summed E-state index contributed by atoms with van der Waals surface area (Å²) in [6.07, 6.45) is 0. The maximum absolute atomic E-state index is 12.1. The third-order valence-electron chi connectivity index (χ3n) is 2.81. The number of aromatic nitrogens is 3. The molecule has 1 heterocycles. The van der Waals surface area contributed by atoms with E-state index >= 15 is 0 Å². The van der Waals surface area contributed by atoms with Crippen molar-refractivity contribution >= 4 is 23.2 Å². The Balaban J connectivity index is 2.67. The van der Waals surface area contributed by atoms with Crippen molar-refractivity contribution in [3.05, 3.63) is 67.3 Å². The van der Waals surface area contributed by atoms with Crippen molar-refractivity contribution in [3.63, 3.8) is 0 Å². The van der Waals surface area contributed by atoms with Gasteiger partial charge in [0, 0.05) is 0 Å². The highest BCUT2D eigenvalue weighted by Gasteiger charge is 2.14. The van der Waals surface area contributed by atoms with Crippen LogP contribution in [0, 0.1) is 0 Å². The van der Waals surface area contributed by atoms with Gasteiger partial charge in [0.25, 0.3) is 0 Å². The fourth-order valence-electron chi connectivity index (χ4n) is 1.79. The number of alkyl halides is 2. The molecule has 6 nitrogen and oxygen atoms in total. The quantitative estimate of drug-likeness (QED) is 0.777. The van der Waals surface area contributed by atoms with E-state index in [1.165, 1.54) is 0 Å². The van der Waals surface area contributed by atoms with Crippen LogP contribution in [0.2, 0.25) is 0 Å². The third-order valence-corrected chi connectivity index (χ3v) is 3.29. The monoisotopic (exact) mass is 315 g/mol. The van der Waals surface area contributed by atoms with Gasteiger partial charge in [0.05, 0.1) is 6.54 Å². The maximum atomic E-state index is 12.1. The predicted octanol–water partition coefficient (Wildman–Crippen LogP) is 0.613. The standard InChI is InChI=1S/C12H11Cl2N3O3/c13-7-16-10(18)15(6-9-4-2-1-3-5-9)11(19)17(8-14)12(16)20/h1-5H,6-8H2. The van der Waals surface area contributed by atoms with E-state index in [1.54, 1.807) is 24.3 Å². The zero-order valence-electron chi connectivity index (χ0n) is 10.3. The molecule has 0 fully saturated rings. The van der Waals surface area contributed by atoms with E-state index in [0.717, 1.165) is 19.3 Å². The molecule has 0 spiro atoms. The molecule has 2 aromatic rings. The SMILES string of the molecule is O=c1n(CCl)c(=O)n(Cc2ccccc2)c(=O)n1CCl. The molecule has 0 amide bonds. The van der Waals surface area contributed by atoms with Gasteiger partial charge in [-0.25, -0.2) is 28.1 Å². The summed E-state index contributed by atoms with van der Waals surface area (Å²) in [5.74, 6) is 0. The van der Waals surface area contributed by atoms with Gasteiger partial charge in [-0.2, -0.15) is 0 Å². The van der Waals surface area contributed by atoms with Crippen LogP contribution in [0.4, 0.5) is 0 Å². The number of nitrogens with zero attached hydrogens (tertiary/aromatic N) is 3. The van der Waals surface area contributed by atoms with Crippen molar-refractivity contribution in [2.75, 3.05) is 0 Å². The van der Waals surface area contributed by atoms with Crippen molar-refractivity contribution in [3.8, 4) is 0 Å². The Labute approximate surface area is 123 Å². The number of benzene rings is 1. The second kappa shape index (κ2) is 6.11. The first-order valence-corrected chi connectivity index (χ1v) is 6.77. The van der Waals surface area contributed by atoms with E-state index in [1.807, 2.05) is 6.07 Å². The van der Waals surface area contributed by atoms with Gasteiger partial charge in [-0.1, -0.05) is 30.3 Å². The fourth-order valence-corrected chi connectivity index (χ4v) is 2.20. The zero-order chi connectivity index (χ0) is 14.7. The highest BCUT2D eigenvalue weighted by atomic mass is 35.5. The maximum Gasteiger partial charge on any atom is 0.338 e. The Hall–Kier alpha value is -1.79. The van der Waals surface area contributed by atoms with Crippen molar-refractivity contribution < 1.29 is 0 Å². The average molecular weight is 316 g/mol. The van der Waals surface area contributed by atoms with Gasteiger partial charge in [0.2, 0.25) is 0 Å². The van der Waals surface area contributed by atoms with E-state index < -0.39 is 17.1 Å². The lowest BCUT2D eigenvalue weighted by Crippen LogP contribution is -2.53. The Morgan fingerprint density at radius 2 is 1.20 bits per heavy atom. The van der Waals surface area contributed by atoms with Gasteiger partial charge in [0.1, 0.15) is 12.0 Å². The minimum absolute atomic E-state index is 0.0482. The van der Waals surface area contributed by atoms with Crippen LogP contribution in [0.15, 0.2) is 44.7 Å². The number of rotatable bonds is 4. The van der Waals surface area contributed by atoms with E-state index in [4.69, 9.17) is 23.2 Å². The van der Waals surface area contributed by atoms with E-state index in [-0.39, 0.29) is 18.6 Å². The van der Waals surface area contributed by atoms with Gasteiger partial charge < -0.3 is 0 Å². The van der Waals surface area contributed by atoms with Crippen LogP contribution in [0.1, 0.15) is 5.56 Å². The molecule has 0 saturated heterocycles. The molecule has 106 valence electrons. The van der Waals surface area contributed by atoms with Gasteiger partial charge in [-0.05, 0) is 5.56 Å². The van der Waals surface area contributed by atoms with Gasteiger partial charge >= 0.3 is 17.1 Å². The van der Waals surface area contributed by atoms with Crippen molar-refractivity contribution in [1.82, 2.24) is 13.7 Å². The highest BCUT2D eigenvalue weighted by Crippen LogP contribution is 1.98. The lowest BCUT2D eigenvalue weighted by atomic mass is 10.2. The van der Waals surface area contributed by atoms with Crippen LogP contribution in [0.25, 0.3) is 0 Å². The normalized spacial score (nSPS) is 10.7. The first-order chi connectivity index (χ1) is 9.60. The minimum atomic E-state index is -0.811. The minimum Gasteiger partial charge on any atom is -0.247 e. The summed E-state index contributed by atoms with van der Waals surface area (Å²) in [6, 6.07) is 8.26. The number of halogens is 2. The first-order valence-electron chi connectivity index (χ1n) is 5.70. The summed E-state index contributed by atoms with van der Waals surface area (Å²) < 4.78 is 2.45. The van der Waals surface area contributed by atoms with Crippen molar-refractivity contribution in [2.45, 2.75) is 18.6 Å². The second-order valence-corrected chi connectivity index (χ2v) is 4.49. The van der Waals surface area contributed by atoms with Gasteiger partial charge in [-0.3, -0.25) is 0 Å². The lowest BCUT2D eigenvalue weighted by molar-refractivity contribution is 0.517.